The van der Waals surface area contributed by atoms with Gasteiger partial charge in [0.1, 0.15) is 5.75 Å². The minimum Gasteiger partial charge on any atom is -0.497 e. The zero-order chi connectivity index (χ0) is 13.1. The van der Waals surface area contributed by atoms with Gasteiger partial charge in [-0.3, -0.25) is 4.79 Å². The van der Waals surface area contributed by atoms with E-state index >= 15 is 0 Å². The monoisotopic (exact) mass is 232 g/mol. The van der Waals surface area contributed by atoms with Gasteiger partial charge in [-0.15, -0.1) is 0 Å². The van der Waals surface area contributed by atoms with E-state index in [0.717, 1.165) is 16.9 Å². The number of carbonyl (C=O) groups is 1. The third-order valence-corrected chi connectivity index (χ3v) is 2.63. The molecule has 0 unspecified atom stereocenters. The summed E-state index contributed by atoms with van der Waals surface area (Å²) in [5, 5.41) is 0. The van der Waals surface area contributed by atoms with Crippen LogP contribution < -0.4 is 4.74 Å². The van der Waals surface area contributed by atoms with Gasteiger partial charge in [0.2, 0.25) is 0 Å². The minimum absolute atomic E-state index is 0.144. The molecule has 92 valence electrons. The molecule has 1 aromatic rings. The summed E-state index contributed by atoms with van der Waals surface area (Å²) in [4.78, 5) is 11.9. The lowest BCUT2D eigenvalue weighted by Gasteiger charge is -2.14. The van der Waals surface area contributed by atoms with Gasteiger partial charge in [-0.2, -0.15) is 0 Å². The Balaban J connectivity index is 2.92. The van der Waals surface area contributed by atoms with Gasteiger partial charge in [-0.05, 0) is 36.3 Å². The molecular formula is C15H20O2. The van der Waals surface area contributed by atoms with Crippen LogP contribution in [0.1, 0.15) is 33.3 Å². The molecule has 0 atom stereocenters. The van der Waals surface area contributed by atoms with Crippen molar-refractivity contribution in [2.24, 2.45) is 5.41 Å². The molecule has 0 fully saturated rings. The first-order valence-electron chi connectivity index (χ1n) is 5.72. The van der Waals surface area contributed by atoms with Crippen molar-refractivity contribution >= 4 is 11.4 Å². The van der Waals surface area contributed by atoms with Crippen LogP contribution in [0.5, 0.6) is 5.75 Å². The second-order valence-electron chi connectivity index (χ2n) is 5.17. The van der Waals surface area contributed by atoms with E-state index in [2.05, 4.69) is 0 Å². The fourth-order valence-corrected chi connectivity index (χ4v) is 1.35. The first kappa shape index (κ1) is 13.5. The van der Waals surface area contributed by atoms with Gasteiger partial charge in [0, 0.05) is 5.41 Å². The normalized spacial score (nSPS) is 12.4. The molecule has 2 heteroatoms. The Morgan fingerprint density at radius 2 is 1.71 bits per heavy atom. The lowest BCUT2D eigenvalue weighted by molar-refractivity contribution is -0.121. The van der Waals surface area contributed by atoms with E-state index in [-0.39, 0.29) is 11.2 Å². The van der Waals surface area contributed by atoms with Crippen LogP contribution in [0, 0.1) is 5.41 Å². The van der Waals surface area contributed by atoms with Crippen molar-refractivity contribution in [3.8, 4) is 5.75 Å². The smallest absolute Gasteiger partial charge is 0.161 e. The third-order valence-electron chi connectivity index (χ3n) is 2.63. The molecule has 1 rings (SSSR count). The van der Waals surface area contributed by atoms with Gasteiger partial charge in [-0.1, -0.05) is 32.9 Å². The van der Waals surface area contributed by atoms with Crippen molar-refractivity contribution < 1.29 is 9.53 Å². The van der Waals surface area contributed by atoms with Crippen molar-refractivity contribution in [1.82, 2.24) is 0 Å². The van der Waals surface area contributed by atoms with Crippen LogP contribution in [-0.2, 0) is 4.79 Å². The second kappa shape index (κ2) is 5.17. The summed E-state index contributed by atoms with van der Waals surface area (Å²) in [6, 6.07) is 7.71. The van der Waals surface area contributed by atoms with Gasteiger partial charge < -0.3 is 4.74 Å². The molecule has 17 heavy (non-hydrogen) atoms. The maximum absolute atomic E-state index is 11.9. The van der Waals surface area contributed by atoms with Gasteiger partial charge in [0.05, 0.1) is 7.11 Å². The quantitative estimate of drug-likeness (QED) is 0.742. The molecule has 0 aliphatic rings. The van der Waals surface area contributed by atoms with Crippen LogP contribution in [0.25, 0.3) is 5.57 Å². The molecule has 0 saturated heterocycles. The summed E-state index contributed by atoms with van der Waals surface area (Å²) in [5.41, 5.74) is 1.70. The van der Waals surface area contributed by atoms with Gasteiger partial charge in [0.25, 0.3) is 0 Å². The average molecular weight is 232 g/mol. The minimum atomic E-state index is -0.326. The van der Waals surface area contributed by atoms with Crippen LogP contribution in [0.3, 0.4) is 0 Å². The highest BCUT2D eigenvalue weighted by atomic mass is 16.5. The van der Waals surface area contributed by atoms with E-state index in [0.29, 0.717) is 0 Å². The Labute approximate surface area is 103 Å². The first-order chi connectivity index (χ1) is 7.84. The molecule has 0 spiro atoms. The highest BCUT2D eigenvalue weighted by Crippen LogP contribution is 2.21. The van der Waals surface area contributed by atoms with Gasteiger partial charge in [-0.25, -0.2) is 0 Å². The Kier molecular flexibility index (Phi) is 4.11. The van der Waals surface area contributed by atoms with Crippen LogP contribution >= 0.6 is 0 Å². The largest absolute Gasteiger partial charge is 0.497 e. The number of allylic oxidation sites excluding steroid dienone is 2. The predicted molar refractivity (Wildman–Crippen MR) is 71.1 cm³/mol. The third kappa shape index (κ3) is 3.74. The molecule has 1 aromatic carbocycles. The fraction of sp³-hybridized carbons (Fsp3) is 0.400. The molecule has 0 aliphatic carbocycles. The van der Waals surface area contributed by atoms with Crippen LogP contribution in [0.2, 0.25) is 0 Å². The number of methoxy groups -OCH3 is 1. The molecule has 0 N–H and O–H groups in total. The highest BCUT2D eigenvalue weighted by molar-refractivity contribution is 5.99. The van der Waals surface area contributed by atoms with Crippen molar-refractivity contribution in [3.05, 3.63) is 35.9 Å². The van der Waals surface area contributed by atoms with Crippen molar-refractivity contribution in [2.75, 3.05) is 7.11 Å². The van der Waals surface area contributed by atoms with Crippen molar-refractivity contribution in [3.63, 3.8) is 0 Å². The average Bonchev–Trinajstić information content (AvgIpc) is 2.27. The second-order valence-corrected chi connectivity index (χ2v) is 5.17. The van der Waals surface area contributed by atoms with Gasteiger partial charge >= 0.3 is 0 Å². The summed E-state index contributed by atoms with van der Waals surface area (Å²) >= 11 is 0. The number of rotatable bonds is 3. The summed E-state index contributed by atoms with van der Waals surface area (Å²) in [7, 11) is 1.64. The van der Waals surface area contributed by atoms with Crippen molar-refractivity contribution in [2.45, 2.75) is 27.7 Å². The van der Waals surface area contributed by atoms with E-state index < -0.39 is 0 Å². The molecule has 0 aliphatic heterocycles. The molecular weight excluding hydrogens is 212 g/mol. The highest BCUT2D eigenvalue weighted by Gasteiger charge is 2.18. The van der Waals surface area contributed by atoms with E-state index in [1.54, 1.807) is 13.2 Å². The Morgan fingerprint density at radius 1 is 1.18 bits per heavy atom. The lowest BCUT2D eigenvalue weighted by atomic mass is 9.89. The van der Waals surface area contributed by atoms with Crippen LogP contribution in [0.15, 0.2) is 30.3 Å². The first-order valence-corrected chi connectivity index (χ1v) is 5.72. The van der Waals surface area contributed by atoms with Crippen LogP contribution in [0.4, 0.5) is 0 Å². The van der Waals surface area contributed by atoms with E-state index in [1.807, 2.05) is 52.0 Å². The lowest BCUT2D eigenvalue weighted by Crippen LogP contribution is -2.17. The Bertz CT molecular complexity index is 419. The number of hydrogen-bond acceptors (Lipinski definition) is 2. The predicted octanol–water partition coefficient (Wildman–Crippen LogP) is 3.71. The zero-order valence-electron chi connectivity index (χ0n) is 11.2. The number of benzene rings is 1. The van der Waals surface area contributed by atoms with Crippen molar-refractivity contribution in [1.29, 1.82) is 0 Å². The topological polar surface area (TPSA) is 26.3 Å². The molecule has 0 bridgehead atoms. The molecule has 0 heterocycles. The maximum Gasteiger partial charge on any atom is 0.161 e. The summed E-state index contributed by atoms with van der Waals surface area (Å²) < 4.78 is 5.10. The summed E-state index contributed by atoms with van der Waals surface area (Å²) in [5.74, 6) is 0.967. The Morgan fingerprint density at radius 3 is 2.12 bits per heavy atom. The standard InChI is InChI=1S/C15H20O2/c1-11(10-14(16)15(2,3)4)12-6-8-13(17-5)9-7-12/h6-10H,1-5H3. The SMILES string of the molecule is COc1ccc(C(C)=CC(=O)C(C)(C)C)cc1. The number of ketones is 1. The van der Waals surface area contributed by atoms with Gasteiger partial charge in [0.15, 0.2) is 5.78 Å². The maximum atomic E-state index is 11.9. The number of carbonyl (C=O) groups excluding carboxylic acids is 1. The summed E-state index contributed by atoms with van der Waals surface area (Å²) in [6.45, 7) is 7.72. The van der Waals surface area contributed by atoms with E-state index in [1.165, 1.54) is 0 Å². The number of hydrogen-bond donors (Lipinski definition) is 0. The Hall–Kier alpha value is -1.57. The van der Waals surface area contributed by atoms with Crippen LogP contribution in [-0.4, -0.2) is 12.9 Å². The molecule has 2 nitrogen and oxygen atoms in total. The molecule has 0 amide bonds. The van der Waals surface area contributed by atoms with E-state index in [4.69, 9.17) is 4.74 Å². The zero-order valence-corrected chi connectivity index (χ0v) is 11.2. The summed E-state index contributed by atoms with van der Waals surface area (Å²) in [6.07, 6.45) is 1.71. The molecule has 0 aromatic heterocycles. The molecule has 0 saturated carbocycles. The van der Waals surface area contributed by atoms with E-state index in [9.17, 15) is 4.79 Å². The number of ether oxygens (including phenoxy) is 1. The molecule has 0 radical (unpaired) electrons. The fourth-order valence-electron chi connectivity index (χ4n) is 1.35.